The highest BCUT2D eigenvalue weighted by molar-refractivity contribution is 6.09. The molecule has 0 unspecified atom stereocenters. The molecule has 1 aromatic carbocycles. The summed E-state index contributed by atoms with van der Waals surface area (Å²) in [7, 11) is 1.38. The summed E-state index contributed by atoms with van der Waals surface area (Å²) in [6.45, 7) is -0.543. The van der Waals surface area contributed by atoms with Crippen LogP contribution in [0.2, 0.25) is 0 Å². The first-order valence-electron chi connectivity index (χ1n) is 5.62. The smallest absolute Gasteiger partial charge is 0.325 e. The minimum atomic E-state index is -1.11. The number of fused-ring (bicyclic) bond motifs is 1. The Morgan fingerprint density at radius 3 is 2.79 bits per heavy atom. The van der Waals surface area contributed by atoms with Gasteiger partial charge in [0.1, 0.15) is 13.1 Å². The number of hydrogen-bond donors (Lipinski definition) is 2. The summed E-state index contributed by atoms with van der Waals surface area (Å²) >= 11 is 0. The minimum Gasteiger partial charge on any atom is -0.480 e. The normalized spacial score (nSPS) is 13.5. The maximum absolute atomic E-state index is 12.2. The molecule has 19 heavy (non-hydrogen) atoms. The summed E-state index contributed by atoms with van der Waals surface area (Å²) < 4.78 is 0. The Balaban J connectivity index is 2.27. The maximum Gasteiger partial charge on any atom is 0.325 e. The SMILES string of the molecule is CN(CC(=O)O)C(=O)N1CC(=O)Nc2ccccc21. The van der Waals surface area contributed by atoms with Crippen LogP contribution in [-0.4, -0.2) is 48.1 Å². The highest BCUT2D eigenvalue weighted by Crippen LogP contribution is 2.29. The van der Waals surface area contributed by atoms with Gasteiger partial charge in [-0.3, -0.25) is 14.5 Å². The molecule has 100 valence electrons. The number of nitrogens with one attached hydrogen (secondary N) is 1. The molecule has 1 heterocycles. The molecule has 0 spiro atoms. The highest BCUT2D eigenvalue weighted by Gasteiger charge is 2.29. The minimum absolute atomic E-state index is 0.125. The van der Waals surface area contributed by atoms with E-state index in [0.29, 0.717) is 11.4 Å². The number of urea groups is 1. The first-order chi connectivity index (χ1) is 8.99. The number of amides is 3. The summed E-state index contributed by atoms with van der Waals surface area (Å²) in [4.78, 5) is 36.6. The van der Waals surface area contributed by atoms with Crippen molar-refractivity contribution in [3.8, 4) is 0 Å². The van der Waals surface area contributed by atoms with Gasteiger partial charge in [0.05, 0.1) is 11.4 Å². The molecular formula is C12H13N3O4. The quantitative estimate of drug-likeness (QED) is 0.816. The molecular weight excluding hydrogens is 250 g/mol. The largest absolute Gasteiger partial charge is 0.480 e. The standard InChI is InChI=1S/C12H13N3O4/c1-14(7-11(17)18)12(19)15-6-10(16)13-8-4-2-3-5-9(8)15/h2-5H,6-7H2,1H3,(H,13,16)(H,17,18). The number of aliphatic carboxylic acids is 1. The van der Waals surface area contributed by atoms with Crippen LogP contribution in [0.25, 0.3) is 0 Å². The van der Waals surface area contributed by atoms with Gasteiger partial charge >= 0.3 is 12.0 Å². The molecule has 7 heteroatoms. The topological polar surface area (TPSA) is 90.0 Å². The highest BCUT2D eigenvalue weighted by atomic mass is 16.4. The molecule has 0 bridgehead atoms. The molecule has 0 saturated heterocycles. The number of nitrogens with zero attached hydrogens (tertiary/aromatic N) is 2. The van der Waals surface area contributed by atoms with E-state index in [4.69, 9.17) is 5.11 Å². The second-order valence-electron chi connectivity index (χ2n) is 4.18. The zero-order valence-corrected chi connectivity index (χ0v) is 10.3. The van der Waals surface area contributed by atoms with Crippen molar-refractivity contribution >= 4 is 29.3 Å². The third-order valence-electron chi connectivity index (χ3n) is 2.70. The average Bonchev–Trinajstić information content (AvgIpc) is 2.36. The van der Waals surface area contributed by atoms with Gasteiger partial charge in [0.15, 0.2) is 0 Å². The fraction of sp³-hybridized carbons (Fsp3) is 0.250. The lowest BCUT2D eigenvalue weighted by Gasteiger charge is -2.31. The van der Waals surface area contributed by atoms with Crippen LogP contribution in [0.4, 0.5) is 16.2 Å². The Labute approximate surface area is 109 Å². The monoisotopic (exact) mass is 263 g/mol. The predicted molar refractivity (Wildman–Crippen MR) is 68.1 cm³/mol. The summed E-state index contributed by atoms with van der Waals surface area (Å²) in [5.41, 5.74) is 1.10. The van der Waals surface area contributed by atoms with Crippen LogP contribution in [0.15, 0.2) is 24.3 Å². The molecule has 2 N–H and O–H groups in total. The third-order valence-corrected chi connectivity index (χ3v) is 2.70. The van der Waals surface area contributed by atoms with Crippen molar-refractivity contribution in [3.63, 3.8) is 0 Å². The predicted octanol–water partition coefficient (Wildman–Crippen LogP) is 0.581. The van der Waals surface area contributed by atoms with E-state index in [1.165, 1.54) is 11.9 Å². The van der Waals surface area contributed by atoms with Crippen LogP contribution >= 0.6 is 0 Å². The van der Waals surface area contributed by atoms with Crippen LogP contribution < -0.4 is 10.2 Å². The van der Waals surface area contributed by atoms with Crippen molar-refractivity contribution in [1.29, 1.82) is 0 Å². The van der Waals surface area contributed by atoms with Crippen LogP contribution in [0.5, 0.6) is 0 Å². The molecule has 0 saturated carbocycles. The van der Waals surface area contributed by atoms with E-state index in [2.05, 4.69) is 5.32 Å². The zero-order chi connectivity index (χ0) is 14.0. The van der Waals surface area contributed by atoms with E-state index in [1.807, 2.05) is 0 Å². The summed E-state index contributed by atoms with van der Waals surface area (Å²) in [5, 5.41) is 11.3. The summed E-state index contributed by atoms with van der Waals surface area (Å²) in [5.74, 6) is -1.42. The number of benzene rings is 1. The van der Waals surface area contributed by atoms with E-state index in [1.54, 1.807) is 24.3 Å². The van der Waals surface area contributed by atoms with Crippen molar-refractivity contribution in [2.45, 2.75) is 0 Å². The van der Waals surface area contributed by atoms with Gasteiger partial charge in [0.25, 0.3) is 0 Å². The Bertz CT molecular complexity index is 544. The molecule has 2 rings (SSSR count). The first-order valence-corrected chi connectivity index (χ1v) is 5.62. The lowest BCUT2D eigenvalue weighted by atomic mass is 10.2. The second-order valence-corrected chi connectivity index (χ2v) is 4.18. The van der Waals surface area contributed by atoms with Crippen molar-refractivity contribution < 1.29 is 19.5 Å². The molecule has 1 aliphatic heterocycles. The molecule has 0 radical (unpaired) electrons. The number of anilines is 2. The molecule has 0 aliphatic carbocycles. The van der Waals surface area contributed by atoms with E-state index >= 15 is 0 Å². The molecule has 1 aliphatic rings. The Morgan fingerprint density at radius 1 is 1.42 bits per heavy atom. The van der Waals surface area contributed by atoms with Crippen LogP contribution in [0.3, 0.4) is 0 Å². The van der Waals surface area contributed by atoms with Gasteiger partial charge in [-0.15, -0.1) is 0 Å². The molecule has 1 aromatic rings. The van der Waals surface area contributed by atoms with Crippen molar-refractivity contribution in [2.75, 3.05) is 30.4 Å². The first kappa shape index (κ1) is 12.9. The molecule has 0 fully saturated rings. The molecule has 0 atom stereocenters. The molecule has 7 nitrogen and oxygen atoms in total. The second kappa shape index (κ2) is 4.97. The fourth-order valence-electron chi connectivity index (χ4n) is 1.88. The average molecular weight is 263 g/mol. The van der Waals surface area contributed by atoms with Crippen LogP contribution in [0.1, 0.15) is 0 Å². The van der Waals surface area contributed by atoms with Crippen molar-refractivity contribution in [3.05, 3.63) is 24.3 Å². The van der Waals surface area contributed by atoms with Gasteiger partial charge in [-0.05, 0) is 12.1 Å². The number of carbonyl (C=O) groups excluding carboxylic acids is 2. The molecule has 3 amide bonds. The summed E-state index contributed by atoms with van der Waals surface area (Å²) in [6.07, 6.45) is 0. The zero-order valence-electron chi connectivity index (χ0n) is 10.3. The van der Waals surface area contributed by atoms with Gasteiger partial charge < -0.3 is 15.3 Å². The Hall–Kier alpha value is -2.57. The number of para-hydroxylation sites is 2. The van der Waals surface area contributed by atoms with Crippen LogP contribution in [0, 0.1) is 0 Å². The van der Waals surface area contributed by atoms with Crippen molar-refractivity contribution in [1.82, 2.24) is 4.90 Å². The lowest BCUT2D eigenvalue weighted by Crippen LogP contribution is -2.48. The van der Waals surface area contributed by atoms with E-state index in [0.717, 1.165) is 4.90 Å². The maximum atomic E-state index is 12.2. The third kappa shape index (κ3) is 2.65. The fourth-order valence-corrected chi connectivity index (χ4v) is 1.88. The van der Waals surface area contributed by atoms with Crippen LogP contribution in [-0.2, 0) is 9.59 Å². The molecule has 0 aromatic heterocycles. The Kier molecular flexibility index (Phi) is 3.37. The van der Waals surface area contributed by atoms with Gasteiger partial charge in [-0.25, -0.2) is 4.79 Å². The number of carbonyl (C=O) groups is 3. The number of likely N-dealkylation sites (N-methyl/N-ethyl adjacent to an activating group) is 1. The van der Waals surface area contributed by atoms with E-state index < -0.39 is 18.5 Å². The summed E-state index contributed by atoms with van der Waals surface area (Å²) in [6, 6.07) is 6.34. The van der Waals surface area contributed by atoms with Gasteiger partial charge in [0, 0.05) is 7.05 Å². The number of carboxylic acid groups (broad SMARTS) is 1. The number of rotatable bonds is 2. The lowest BCUT2D eigenvalue weighted by molar-refractivity contribution is -0.137. The number of carboxylic acids is 1. The van der Waals surface area contributed by atoms with Gasteiger partial charge in [-0.2, -0.15) is 0 Å². The van der Waals surface area contributed by atoms with Gasteiger partial charge in [0.2, 0.25) is 5.91 Å². The van der Waals surface area contributed by atoms with Gasteiger partial charge in [-0.1, -0.05) is 12.1 Å². The van der Waals surface area contributed by atoms with E-state index in [9.17, 15) is 14.4 Å². The van der Waals surface area contributed by atoms with E-state index in [-0.39, 0.29) is 12.5 Å². The van der Waals surface area contributed by atoms with Crippen molar-refractivity contribution in [2.24, 2.45) is 0 Å². The Morgan fingerprint density at radius 2 is 2.11 bits per heavy atom. The number of hydrogen-bond acceptors (Lipinski definition) is 3.